The molecule has 286 valence electrons. The van der Waals surface area contributed by atoms with Crippen LogP contribution in [-0.4, -0.2) is 0 Å². The number of allylic oxidation sites excluding steroid dienone is 4. The summed E-state index contributed by atoms with van der Waals surface area (Å²) in [6.07, 6.45) is 7.54. The van der Waals surface area contributed by atoms with Gasteiger partial charge in [-0.05, 0) is 98.5 Å². The fraction of sp³-hybridized carbons (Fsp3) is 0.103. The molecular weight excluding hydrogens is 727 g/mol. The molecule has 0 bridgehead atoms. The normalized spacial score (nSPS) is 17.9. The Kier molecular flexibility index (Phi) is 7.50. The number of hydrogen-bond donors (Lipinski definition) is 0. The molecule has 0 saturated carbocycles. The Morgan fingerprint density at radius 2 is 1.05 bits per heavy atom. The van der Waals surface area contributed by atoms with Crippen molar-refractivity contribution in [2.75, 3.05) is 4.90 Å². The van der Waals surface area contributed by atoms with E-state index >= 15 is 0 Å². The van der Waals surface area contributed by atoms with Crippen molar-refractivity contribution in [1.82, 2.24) is 0 Å². The molecule has 60 heavy (non-hydrogen) atoms. The summed E-state index contributed by atoms with van der Waals surface area (Å²) in [5.41, 5.74) is 17.2. The zero-order valence-corrected chi connectivity index (χ0v) is 33.8. The molecule has 0 amide bonds. The molecule has 12 rings (SSSR count). The number of ether oxygens (including phenoxy) is 1. The van der Waals surface area contributed by atoms with Gasteiger partial charge in [-0.2, -0.15) is 0 Å². The predicted molar refractivity (Wildman–Crippen MR) is 246 cm³/mol. The van der Waals surface area contributed by atoms with Gasteiger partial charge in [0.1, 0.15) is 11.5 Å². The molecule has 0 radical (unpaired) electrons. The average molecular weight is 770 g/mol. The van der Waals surface area contributed by atoms with E-state index in [1.165, 1.54) is 66.8 Å². The van der Waals surface area contributed by atoms with Gasteiger partial charge in [-0.15, -0.1) is 0 Å². The van der Waals surface area contributed by atoms with Crippen LogP contribution in [0, 0.1) is 0 Å². The van der Waals surface area contributed by atoms with Crippen LogP contribution in [-0.2, 0) is 16.2 Å². The molecule has 1 heterocycles. The van der Waals surface area contributed by atoms with Crippen molar-refractivity contribution in [1.29, 1.82) is 0 Å². The van der Waals surface area contributed by atoms with Crippen LogP contribution in [0.4, 0.5) is 17.1 Å². The lowest BCUT2D eigenvalue weighted by molar-refractivity contribution is 0.291. The van der Waals surface area contributed by atoms with Crippen molar-refractivity contribution in [3.05, 3.63) is 251 Å². The van der Waals surface area contributed by atoms with Crippen LogP contribution in [0.1, 0.15) is 53.6 Å². The molecule has 0 aromatic heterocycles. The topological polar surface area (TPSA) is 12.5 Å². The third-order valence-electron chi connectivity index (χ3n) is 14.0. The fourth-order valence-corrected chi connectivity index (χ4v) is 11.6. The maximum Gasteiger partial charge on any atom is 0.133 e. The Balaban J connectivity index is 1.20. The third-order valence-corrected chi connectivity index (χ3v) is 14.0. The summed E-state index contributed by atoms with van der Waals surface area (Å²) >= 11 is 0. The van der Waals surface area contributed by atoms with Gasteiger partial charge in [0, 0.05) is 22.2 Å². The van der Waals surface area contributed by atoms with E-state index in [0.29, 0.717) is 0 Å². The van der Waals surface area contributed by atoms with E-state index < -0.39 is 10.8 Å². The van der Waals surface area contributed by atoms with Crippen molar-refractivity contribution in [3.63, 3.8) is 0 Å². The molecule has 2 nitrogen and oxygen atoms in total. The van der Waals surface area contributed by atoms with E-state index in [2.05, 4.69) is 231 Å². The van der Waals surface area contributed by atoms with E-state index in [1.807, 2.05) is 0 Å². The smallest absolute Gasteiger partial charge is 0.133 e. The average Bonchev–Trinajstić information content (AvgIpc) is 3.90. The second kappa shape index (κ2) is 12.9. The molecule has 0 saturated heterocycles. The summed E-state index contributed by atoms with van der Waals surface area (Å²) in [6, 6.07) is 71.9. The molecule has 1 unspecified atom stereocenters. The fourth-order valence-electron chi connectivity index (χ4n) is 11.6. The van der Waals surface area contributed by atoms with Crippen molar-refractivity contribution in [2.24, 2.45) is 0 Å². The van der Waals surface area contributed by atoms with Crippen LogP contribution in [0.5, 0.6) is 5.75 Å². The van der Waals surface area contributed by atoms with Gasteiger partial charge in [-0.25, -0.2) is 0 Å². The summed E-state index contributed by atoms with van der Waals surface area (Å²) in [6.45, 7) is 4.74. The van der Waals surface area contributed by atoms with Crippen molar-refractivity contribution < 1.29 is 4.74 Å². The first kappa shape index (κ1) is 34.8. The van der Waals surface area contributed by atoms with E-state index in [9.17, 15) is 0 Å². The molecule has 8 aromatic rings. The summed E-state index contributed by atoms with van der Waals surface area (Å²) < 4.78 is 7.31. The highest BCUT2D eigenvalue weighted by Gasteiger charge is 2.66. The molecule has 4 aliphatic rings. The zero-order chi connectivity index (χ0) is 40.1. The van der Waals surface area contributed by atoms with Crippen LogP contribution < -0.4 is 9.64 Å². The Morgan fingerprint density at radius 3 is 1.77 bits per heavy atom. The largest absolute Gasteiger partial charge is 0.460 e. The number of rotatable bonds is 6. The highest BCUT2D eigenvalue weighted by Crippen LogP contribution is 2.70. The number of benzene rings is 8. The second-order valence-corrected chi connectivity index (χ2v) is 17.1. The first-order chi connectivity index (χ1) is 29.5. The van der Waals surface area contributed by atoms with Gasteiger partial charge < -0.3 is 9.64 Å². The Morgan fingerprint density at radius 1 is 0.483 bits per heavy atom. The number of fused-ring (bicyclic) bond motifs is 9. The van der Waals surface area contributed by atoms with E-state index in [-0.39, 0.29) is 5.41 Å². The van der Waals surface area contributed by atoms with Gasteiger partial charge in [-0.1, -0.05) is 190 Å². The molecular formula is C58H43NO. The van der Waals surface area contributed by atoms with Crippen LogP contribution >= 0.6 is 0 Å². The third kappa shape index (κ3) is 4.54. The Hall–Kier alpha value is -7.16. The lowest BCUT2D eigenvalue weighted by Crippen LogP contribution is -2.51. The molecule has 0 N–H and O–H groups in total. The minimum atomic E-state index is -0.658. The van der Waals surface area contributed by atoms with Crippen molar-refractivity contribution >= 4 is 17.1 Å². The predicted octanol–water partition coefficient (Wildman–Crippen LogP) is 14.6. The quantitative estimate of drug-likeness (QED) is 0.167. The van der Waals surface area contributed by atoms with E-state index in [1.54, 1.807) is 0 Å². The summed E-state index contributed by atoms with van der Waals surface area (Å²) in [7, 11) is 0. The standard InChI is InChI=1S/C58H43NO/c1-56(2)46-26-12-11-25-45(46)54-49(56)29-17-30-50(54)59(42-36-34-40(35-37-42)39-19-5-3-6-20-39)51-31-18-32-52-55(51)57(38-16-15-33-53(57)60-52)58(41-21-7-4-8-22-41)47-27-13-9-23-43(47)44-24-10-14-28-48(44)58/h3-37H,38H2,1-2H3. The van der Waals surface area contributed by atoms with E-state index in [0.717, 1.165) is 35.0 Å². The van der Waals surface area contributed by atoms with E-state index in [4.69, 9.17) is 4.74 Å². The summed E-state index contributed by atoms with van der Waals surface area (Å²) in [5, 5.41) is 0. The van der Waals surface area contributed by atoms with Gasteiger partial charge in [0.25, 0.3) is 0 Å². The van der Waals surface area contributed by atoms with Crippen LogP contribution in [0.25, 0.3) is 33.4 Å². The van der Waals surface area contributed by atoms with Crippen LogP contribution in [0.3, 0.4) is 0 Å². The molecule has 1 atom stereocenters. The highest BCUT2D eigenvalue weighted by atomic mass is 16.5. The molecule has 0 spiro atoms. The summed E-state index contributed by atoms with van der Waals surface area (Å²) in [5.74, 6) is 1.88. The minimum Gasteiger partial charge on any atom is -0.460 e. The number of hydrogen-bond acceptors (Lipinski definition) is 2. The Labute approximate surface area is 352 Å². The van der Waals surface area contributed by atoms with Gasteiger partial charge in [-0.3, -0.25) is 0 Å². The first-order valence-corrected chi connectivity index (χ1v) is 21.2. The van der Waals surface area contributed by atoms with Crippen LogP contribution in [0.2, 0.25) is 0 Å². The maximum absolute atomic E-state index is 7.31. The monoisotopic (exact) mass is 769 g/mol. The number of anilines is 3. The van der Waals surface area contributed by atoms with Crippen molar-refractivity contribution in [2.45, 2.75) is 36.5 Å². The van der Waals surface area contributed by atoms with Crippen molar-refractivity contribution in [3.8, 4) is 39.1 Å². The van der Waals surface area contributed by atoms with Crippen LogP contribution in [0.15, 0.2) is 218 Å². The summed E-state index contributed by atoms with van der Waals surface area (Å²) in [4.78, 5) is 2.54. The molecule has 3 aliphatic carbocycles. The maximum atomic E-state index is 7.31. The minimum absolute atomic E-state index is 0.160. The Bertz CT molecular complexity index is 3020. The second-order valence-electron chi connectivity index (χ2n) is 17.1. The SMILES string of the molecule is CC1(C)c2ccccc2-c2c(N(c3ccc(-c4ccccc4)cc3)c3cccc4c3C3(C5(c6ccccc6)c6ccccc6-c6ccccc65)CC=CC=C3O4)cccc21. The molecule has 1 aliphatic heterocycles. The molecule has 0 fully saturated rings. The number of nitrogens with zero attached hydrogens (tertiary/aromatic N) is 1. The first-order valence-electron chi connectivity index (χ1n) is 21.2. The lowest BCUT2D eigenvalue weighted by atomic mass is 9.50. The van der Waals surface area contributed by atoms with Gasteiger partial charge >= 0.3 is 0 Å². The van der Waals surface area contributed by atoms with Gasteiger partial charge in [0.05, 0.1) is 22.2 Å². The zero-order valence-electron chi connectivity index (χ0n) is 33.8. The lowest BCUT2D eigenvalue weighted by Gasteiger charge is -2.50. The van der Waals surface area contributed by atoms with Gasteiger partial charge in [0.2, 0.25) is 0 Å². The highest BCUT2D eigenvalue weighted by molar-refractivity contribution is 5.97. The van der Waals surface area contributed by atoms with Gasteiger partial charge in [0.15, 0.2) is 0 Å². The molecule has 8 aromatic carbocycles. The molecule has 2 heteroatoms.